The topological polar surface area (TPSA) is 64.1 Å². The van der Waals surface area contributed by atoms with Crippen LogP contribution in [0.2, 0.25) is 0 Å². The maximum atomic E-state index is 5.52. The number of halogens is 1. The minimum Gasteiger partial charge on any atom is -0.454 e. The fourth-order valence-electron chi connectivity index (χ4n) is 3.73. The lowest BCUT2D eigenvalue weighted by Gasteiger charge is -2.42. The number of methoxy groups -OCH3 is 1. The van der Waals surface area contributed by atoms with E-state index in [1.807, 2.05) is 13.1 Å². The molecule has 0 unspecified atom stereocenters. The molecule has 2 N–H and O–H groups in total. The molecule has 3 rings (SSSR count). The molecule has 0 spiro atoms. The summed E-state index contributed by atoms with van der Waals surface area (Å²) in [7, 11) is 3.60. The van der Waals surface area contributed by atoms with Crippen LogP contribution >= 0.6 is 24.0 Å². The first-order valence-electron chi connectivity index (χ1n) is 9.82. The SMILES string of the molecule is CN=C(NCC1(CCOC)CCC1)NCC(C)(C)c1ccc2c(c1)OCO2.I. The Kier molecular flexibility index (Phi) is 8.24. The van der Waals surface area contributed by atoms with Crippen LogP contribution in [0.25, 0.3) is 0 Å². The Morgan fingerprint density at radius 2 is 1.96 bits per heavy atom. The second-order valence-corrected chi connectivity index (χ2v) is 8.33. The Morgan fingerprint density at radius 3 is 2.61 bits per heavy atom. The van der Waals surface area contributed by atoms with Crippen molar-refractivity contribution in [3.8, 4) is 11.5 Å². The van der Waals surface area contributed by atoms with Gasteiger partial charge in [0, 0.05) is 39.3 Å². The number of rotatable bonds is 8. The fraction of sp³-hybridized carbons (Fsp3) is 0.667. The number of hydrogen-bond acceptors (Lipinski definition) is 4. The monoisotopic (exact) mass is 503 g/mol. The van der Waals surface area contributed by atoms with E-state index in [1.165, 1.54) is 24.8 Å². The van der Waals surface area contributed by atoms with Gasteiger partial charge in [-0.05, 0) is 42.4 Å². The molecule has 0 aromatic heterocycles. The third-order valence-corrected chi connectivity index (χ3v) is 5.96. The molecule has 1 aliphatic carbocycles. The van der Waals surface area contributed by atoms with Crippen LogP contribution in [0.3, 0.4) is 0 Å². The highest BCUT2D eigenvalue weighted by molar-refractivity contribution is 14.0. The normalized spacial score (nSPS) is 17.5. The van der Waals surface area contributed by atoms with Crippen LogP contribution in [0.15, 0.2) is 23.2 Å². The summed E-state index contributed by atoms with van der Waals surface area (Å²) in [5.41, 5.74) is 1.51. The van der Waals surface area contributed by atoms with Crippen LogP contribution in [-0.4, -0.2) is 46.6 Å². The molecule has 2 aliphatic rings. The standard InChI is InChI=1S/C21H33N3O3.HI/c1-20(2,16-6-7-17-18(12-16)27-15-26-17)13-23-19(22-3)24-14-21(8-5-9-21)10-11-25-4;/h6-7,12H,5,8-11,13-15H2,1-4H3,(H2,22,23,24);1H. The van der Waals surface area contributed by atoms with Crippen molar-refractivity contribution in [1.29, 1.82) is 0 Å². The van der Waals surface area contributed by atoms with E-state index in [1.54, 1.807) is 7.11 Å². The predicted molar refractivity (Wildman–Crippen MR) is 123 cm³/mol. The number of aliphatic imine (C=N–C) groups is 1. The Balaban J connectivity index is 0.00000280. The van der Waals surface area contributed by atoms with Crippen molar-refractivity contribution in [2.75, 3.05) is 40.6 Å². The molecule has 0 amide bonds. The van der Waals surface area contributed by atoms with Gasteiger partial charge in [0.2, 0.25) is 6.79 Å². The molecular weight excluding hydrogens is 469 g/mol. The Morgan fingerprint density at radius 1 is 1.21 bits per heavy atom. The summed E-state index contributed by atoms with van der Waals surface area (Å²) in [4.78, 5) is 4.40. The van der Waals surface area contributed by atoms with Gasteiger partial charge < -0.3 is 24.8 Å². The first-order valence-corrected chi connectivity index (χ1v) is 9.82. The highest BCUT2D eigenvalue weighted by Gasteiger charge is 2.36. The summed E-state index contributed by atoms with van der Waals surface area (Å²) in [5, 5.41) is 7.01. The van der Waals surface area contributed by atoms with Crippen LogP contribution < -0.4 is 20.1 Å². The maximum absolute atomic E-state index is 5.52. The smallest absolute Gasteiger partial charge is 0.231 e. The van der Waals surface area contributed by atoms with Crippen LogP contribution in [0.1, 0.15) is 45.1 Å². The number of nitrogens with zero attached hydrogens (tertiary/aromatic N) is 1. The summed E-state index contributed by atoms with van der Waals surface area (Å²) in [6.45, 7) is 7.29. The number of benzene rings is 1. The Hall–Kier alpha value is -1.22. The lowest BCUT2D eigenvalue weighted by Crippen LogP contribution is -2.49. The predicted octanol–water partition coefficient (Wildman–Crippen LogP) is 3.68. The van der Waals surface area contributed by atoms with Crippen LogP contribution in [0.5, 0.6) is 11.5 Å². The van der Waals surface area contributed by atoms with E-state index in [2.05, 4.69) is 41.6 Å². The third kappa shape index (κ3) is 5.43. The van der Waals surface area contributed by atoms with E-state index >= 15 is 0 Å². The second-order valence-electron chi connectivity index (χ2n) is 8.33. The molecule has 158 valence electrons. The molecule has 0 saturated heterocycles. The molecule has 1 fully saturated rings. The van der Waals surface area contributed by atoms with E-state index in [0.717, 1.165) is 43.6 Å². The van der Waals surface area contributed by atoms with Crippen LogP contribution in [-0.2, 0) is 10.2 Å². The van der Waals surface area contributed by atoms with Gasteiger partial charge in [0.1, 0.15) is 0 Å². The van der Waals surface area contributed by atoms with Gasteiger partial charge in [0.15, 0.2) is 17.5 Å². The summed E-state index contributed by atoms with van der Waals surface area (Å²) in [6, 6.07) is 6.18. The Labute approximate surface area is 185 Å². The molecule has 1 heterocycles. The average molecular weight is 503 g/mol. The van der Waals surface area contributed by atoms with Crippen molar-refractivity contribution >= 4 is 29.9 Å². The highest BCUT2D eigenvalue weighted by atomic mass is 127. The fourth-order valence-corrected chi connectivity index (χ4v) is 3.73. The van der Waals surface area contributed by atoms with Gasteiger partial charge >= 0.3 is 0 Å². The molecule has 1 aromatic carbocycles. The largest absolute Gasteiger partial charge is 0.454 e. The van der Waals surface area contributed by atoms with E-state index < -0.39 is 0 Å². The van der Waals surface area contributed by atoms with Crippen molar-refractivity contribution in [1.82, 2.24) is 10.6 Å². The lowest BCUT2D eigenvalue weighted by molar-refractivity contribution is 0.0732. The number of nitrogens with one attached hydrogen (secondary N) is 2. The average Bonchev–Trinajstić information content (AvgIpc) is 3.10. The molecule has 0 atom stereocenters. The van der Waals surface area contributed by atoms with Gasteiger partial charge in [-0.25, -0.2) is 0 Å². The molecule has 1 saturated carbocycles. The maximum Gasteiger partial charge on any atom is 0.231 e. The van der Waals surface area contributed by atoms with Crippen molar-refractivity contribution in [2.45, 2.75) is 44.9 Å². The molecule has 7 heteroatoms. The van der Waals surface area contributed by atoms with Gasteiger partial charge in [0.05, 0.1) is 0 Å². The first kappa shape index (κ1) is 23.1. The van der Waals surface area contributed by atoms with Crippen molar-refractivity contribution in [3.63, 3.8) is 0 Å². The molecule has 0 radical (unpaired) electrons. The lowest BCUT2D eigenvalue weighted by atomic mass is 9.67. The minimum atomic E-state index is -0.0667. The molecule has 28 heavy (non-hydrogen) atoms. The molecule has 6 nitrogen and oxygen atoms in total. The van der Waals surface area contributed by atoms with Crippen LogP contribution in [0, 0.1) is 5.41 Å². The van der Waals surface area contributed by atoms with Gasteiger partial charge in [-0.3, -0.25) is 4.99 Å². The summed E-state index contributed by atoms with van der Waals surface area (Å²) in [6.07, 6.45) is 4.96. The number of ether oxygens (including phenoxy) is 3. The van der Waals surface area contributed by atoms with Crippen molar-refractivity contribution in [2.24, 2.45) is 10.4 Å². The zero-order valence-electron chi connectivity index (χ0n) is 17.5. The number of hydrogen-bond donors (Lipinski definition) is 2. The quantitative estimate of drug-likeness (QED) is 0.322. The summed E-state index contributed by atoms with van der Waals surface area (Å²) >= 11 is 0. The van der Waals surface area contributed by atoms with Crippen molar-refractivity contribution < 1.29 is 14.2 Å². The molecular formula is C21H34IN3O3. The second kappa shape index (κ2) is 10.0. The van der Waals surface area contributed by atoms with Crippen molar-refractivity contribution in [3.05, 3.63) is 23.8 Å². The zero-order chi connectivity index (χ0) is 19.3. The van der Waals surface area contributed by atoms with E-state index in [-0.39, 0.29) is 29.4 Å². The Bertz CT molecular complexity index is 675. The zero-order valence-corrected chi connectivity index (χ0v) is 19.8. The van der Waals surface area contributed by atoms with Gasteiger partial charge in [-0.15, -0.1) is 24.0 Å². The number of guanidine groups is 1. The third-order valence-electron chi connectivity index (χ3n) is 5.96. The van der Waals surface area contributed by atoms with Gasteiger partial charge in [0.25, 0.3) is 0 Å². The van der Waals surface area contributed by atoms with Crippen LogP contribution in [0.4, 0.5) is 0 Å². The number of fused-ring (bicyclic) bond motifs is 1. The van der Waals surface area contributed by atoms with E-state index in [9.17, 15) is 0 Å². The first-order chi connectivity index (χ1) is 13.0. The van der Waals surface area contributed by atoms with Gasteiger partial charge in [-0.2, -0.15) is 0 Å². The highest BCUT2D eigenvalue weighted by Crippen LogP contribution is 2.43. The van der Waals surface area contributed by atoms with E-state index in [0.29, 0.717) is 12.2 Å². The summed E-state index contributed by atoms with van der Waals surface area (Å²) in [5.74, 6) is 2.50. The summed E-state index contributed by atoms with van der Waals surface area (Å²) < 4.78 is 16.2. The molecule has 1 aromatic rings. The molecule has 1 aliphatic heterocycles. The molecule has 0 bridgehead atoms. The van der Waals surface area contributed by atoms with Gasteiger partial charge in [-0.1, -0.05) is 26.3 Å². The van der Waals surface area contributed by atoms with E-state index in [4.69, 9.17) is 14.2 Å². The minimum absolute atomic E-state index is 0.